The zero-order valence-corrected chi connectivity index (χ0v) is 11.8. The molecular weight excluding hydrogens is 316 g/mol. The Kier molecular flexibility index (Phi) is 4.16. The molecule has 1 aliphatic rings. The maximum atomic E-state index is 12.3. The third kappa shape index (κ3) is 2.93. The monoisotopic (exact) mass is 328 g/mol. The average molecular weight is 329 g/mol. The molecule has 6 nitrogen and oxygen atoms in total. The third-order valence-corrected chi connectivity index (χ3v) is 3.56. The van der Waals surface area contributed by atoms with Crippen LogP contribution in [0.25, 0.3) is 0 Å². The Morgan fingerprint density at radius 3 is 2.79 bits per heavy atom. The van der Waals surface area contributed by atoms with Crippen LogP contribution in [0.2, 0.25) is 0 Å². The zero-order chi connectivity index (χ0) is 14.0. The van der Waals surface area contributed by atoms with Crippen LogP contribution in [0.15, 0.2) is 22.8 Å². The molecule has 0 aliphatic carbocycles. The first-order valence-corrected chi connectivity index (χ1v) is 6.50. The first-order chi connectivity index (χ1) is 9.02. The molecular formula is C12H13BrN2O4. The van der Waals surface area contributed by atoms with E-state index in [2.05, 4.69) is 20.9 Å². The predicted molar refractivity (Wildman–Crippen MR) is 69.8 cm³/mol. The minimum Gasteiger partial charge on any atom is -0.480 e. The van der Waals surface area contributed by atoms with E-state index in [0.29, 0.717) is 6.42 Å². The van der Waals surface area contributed by atoms with Crippen LogP contribution in [0.4, 0.5) is 0 Å². The minimum atomic E-state index is -1.02. The number of carbonyl (C=O) groups excluding carboxylic acids is 1. The van der Waals surface area contributed by atoms with Crippen molar-refractivity contribution in [3.05, 3.63) is 28.5 Å². The van der Waals surface area contributed by atoms with E-state index in [1.807, 2.05) is 0 Å². The Morgan fingerprint density at radius 1 is 1.53 bits per heavy atom. The highest BCUT2D eigenvalue weighted by molar-refractivity contribution is 9.10. The van der Waals surface area contributed by atoms with Crippen molar-refractivity contribution in [2.75, 3.05) is 13.7 Å². The molecule has 1 N–H and O–H groups in total. The number of carbonyl (C=O) groups is 2. The van der Waals surface area contributed by atoms with Crippen molar-refractivity contribution in [3.8, 4) is 0 Å². The second kappa shape index (κ2) is 5.66. The minimum absolute atomic E-state index is 0.228. The summed E-state index contributed by atoms with van der Waals surface area (Å²) in [6.07, 6.45) is 1.56. The Bertz CT molecular complexity index is 491. The molecule has 2 atom stereocenters. The number of hydrogen-bond donors (Lipinski definition) is 1. The van der Waals surface area contributed by atoms with E-state index in [1.54, 1.807) is 12.1 Å². The number of halogens is 1. The summed E-state index contributed by atoms with van der Waals surface area (Å²) < 4.78 is 5.90. The van der Waals surface area contributed by atoms with Crippen LogP contribution in [-0.4, -0.2) is 52.7 Å². The molecule has 1 aliphatic heterocycles. The van der Waals surface area contributed by atoms with Crippen molar-refractivity contribution >= 4 is 27.8 Å². The highest BCUT2D eigenvalue weighted by atomic mass is 79.9. The van der Waals surface area contributed by atoms with Crippen molar-refractivity contribution in [1.82, 2.24) is 9.88 Å². The van der Waals surface area contributed by atoms with Gasteiger partial charge in [-0.2, -0.15) is 0 Å². The Morgan fingerprint density at radius 2 is 2.26 bits per heavy atom. The molecule has 1 saturated heterocycles. The fourth-order valence-electron chi connectivity index (χ4n) is 2.08. The smallest absolute Gasteiger partial charge is 0.326 e. The van der Waals surface area contributed by atoms with Crippen LogP contribution in [0, 0.1) is 0 Å². The van der Waals surface area contributed by atoms with Crippen LogP contribution in [-0.2, 0) is 9.53 Å². The van der Waals surface area contributed by atoms with Crippen molar-refractivity contribution in [2.45, 2.75) is 18.6 Å². The molecule has 2 unspecified atom stereocenters. The zero-order valence-electron chi connectivity index (χ0n) is 10.2. The predicted octanol–water partition coefficient (Wildman–Crippen LogP) is 1.16. The summed E-state index contributed by atoms with van der Waals surface area (Å²) in [5.41, 5.74) is 0.228. The van der Waals surface area contributed by atoms with Crippen molar-refractivity contribution in [3.63, 3.8) is 0 Å². The van der Waals surface area contributed by atoms with Crippen LogP contribution in [0.1, 0.15) is 16.9 Å². The Hall–Kier alpha value is -1.47. The van der Waals surface area contributed by atoms with E-state index >= 15 is 0 Å². The molecule has 1 fully saturated rings. The van der Waals surface area contributed by atoms with E-state index < -0.39 is 12.0 Å². The summed E-state index contributed by atoms with van der Waals surface area (Å²) in [7, 11) is 1.51. The molecule has 1 amide bonds. The van der Waals surface area contributed by atoms with Gasteiger partial charge < -0.3 is 14.7 Å². The molecule has 0 bridgehead atoms. The van der Waals surface area contributed by atoms with E-state index in [0.717, 1.165) is 4.47 Å². The number of nitrogens with zero attached hydrogens (tertiary/aromatic N) is 2. The SMILES string of the molecule is COC1CC(C(=O)O)N(C(=O)c2ccc(Br)cn2)C1. The van der Waals surface area contributed by atoms with E-state index in [4.69, 9.17) is 9.84 Å². The van der Waals surface area contributed by atoms with Crippen LogP contribution < -0.4 is 0 Å². The molecule has 0 spiro atoms. The second-order valence-electron chi connectivity index (χ2n) is 4.27. The highest BCUT2D eigenvalue weighted by Gasteiger charge is 2.40. The number of hydrogen-bond acceptors (Lipinski definition) is 4. The number of methoxy groups -OCH3 is 1. The highest BCUT2D eigenvalue weighted by Crippen LogP contribution is 2.22. The van der Waals surface area contributed by atoms with E-state index in [-0.39, 0.29) is 24.2 Å². The fourth-order valence-corrected chi connectivity index (χ4v) is 2.31. The number of amides is 1. The van der Waals surface area contributed by atoms with Crippen molar-refractivity contribution < 1.29 is 19.4 Å². The molecule has 2 heterocycles. The summed E-state index contributed by atoms with van der Waals surface area (Å²) >= 11 is 3.23. The topological polar surface area (TPSA) is 79.7 Å². The lowest BCUT2D eigenvalue weighted by molar-refractivity contribution is -0.141. The summed E-state index contributed by atoms with van der Waals surface area (Å²) in [4.78, 5) is 28.7. The lowest BCUT2D eigenvalue weighted by Gasteiger charge is -2.20. The van der Waals surface area contributed by atoms with Gasteiger partial charge in [-0.3, -0.25) is 4.79 Å². The van der Waals surface area contributed by atoms with Crippen LogP contribution in [0.3, 0.4) is 0 Å². The first-order valence-electron chi connectivity index (χ1n) is 5.71. The van der Waals surface area contributed by atoms with E-state index in [1.165, 1.54) is 18.2 Å². The maximum Gasteiger partial charge on any atom is 0.326 e. The third-order valence-electron chi connectivity index (χ3n) is 3.09. The number of pyridine rings is 1. The molecule has 0 aromatic carbocycles. The number of rotatable bonds is 3. The largest absolute Gasteiger partial charge is 0.480 e. The van der Waals surface area contributed by atoms with Gasteiger partial charge in [-0.05, 0) is 28.1 Å². The number of carboxylic acid groups (broad SMARTS) is 1. The number of likely N-dealkylation sites (tertiary alicyclic amines) is 1. The number of ether oxygens (including phenoxy) is 1. The molecule has 7 heteroatoms. The van der Waals surface area contributed by atoms with Gasteiger partial charge in [0.25, 0.3) is 5.91 Å². The summed E-state index contributed by atoms with van der Waals surface area (Å²) in [6, 6.07) is 2.40. The van der Waals surface area contributed by atoms with Crippen molar-refractivity contribution in [2.24, 2.45) is 0 Å². The quantitative estimate of drug-likeness (QED) is 0.900. The maximum absolute atomic E-state index is 12.3. The molecule has 1 aromatic heterocycles. The lowest BCUT2D eigenvalue weighted by atomic mass is 10.2. The summed E-state index contributed by atoms with van der Waals surface area (Å²) in [6.45, 7) is 0.268. The molecule has 0 radical (unpaired) electrons. The molecule has 19 heavy (non-hydrogen) atoms. The first kappa shape index (κ1) is 14.0. The van der Waals surface area contributed by atoms with Gasteiger partial charge in [0.2, 0.25) is 0 Å². The normalized spacial score (nSPS) is 22.5. The van der Waals surface area contributed by atoms with Gasteiger partial charge in [0, 0.05) is 30.7 Å². The second-order valence-corrected chi connectivity index (χ2v) is 5.18. The van der Waals surface area contributed by atoms with Gasteiger partial charge in [-0.1, -0.05) is 0 Å². The van der Waals surface area contributed by atoms with Gasteiger partial charge in [-0.15, -0.1) is 0 Å². The standard InChI is InChI=1S/C12H13BrN2O4/c1-19-8-4-10(12(17)18)15(6-8)11(16)9-3-2-7(13)5-14-9/h2-3,5,8,10H,4,6H2,1H3,(H,17,18). The van der Waals surface area contributed by atoms with Crippen molar-refractivity contribution in [1.29, 1.82) is 0 Å². The van der Waals surface area contributed by atoms with Gasteiger partial charge in [-0.25, -0.2) is 9.78 Å². The van der Waals surface area contributed by atoms with E-state index in [9.17, 15) is 9.59 Å². The van der Waals surface area contributed by atoms with Crippen LogP contribution in [0.5, 0.6) is 0 Å². The Labute approximate surface area is 118 Å². The molecule has 1 aromatic rings. The number of aromatic nitrogens is 1. The van der Waals surface area contributed by atoms with Gasteiger partial charge in [0.1, 0.15) is 11.7 Å². The molecule has 0 saturated carbocycles. The number of carboxylic acids is 1. The molecule has 102 valence electrons. The lowest BCUT2D eigenvalue weighted by Crippen LogP contribution is -2.40. The van der Waals surface area contributed by atoms with Gasteiger partial charge in [0.15, 0.2) is 0 Å². The van der Waals surface area contributed by atoms with Crippen LogP contribution >= 0.6 is 15.9 Å². The average Bonchev–Trinajstić information content (AvgIpc) is 2.83. The number of aliphatic carboxylic acids is 1. The van der Waals surface area contributed by atoms with Gasteiger partial charge in [0.05, 0.1) is 6.10 Å². The molecule has 2 rings (SSSR count). The Balaban J connectivity index is 2.21. The summed E-state index contributed by atoms with van der Waals surface area (Å²) in [5, 5.41) is 9.16. The summed E-state index contributed by atoms with van der Waals surface area (Å²) in [5.74, 6) is -1.41. The fraction of sp³-hybridized carbons (Fsp3) is 0.417. The van der Waals surface area contributed by atoms with Gasteiger partial charge >= 0.3 is 5.97 Å².